The third-order valence-electron chi connectivity index (χ3n) is 4.41. The molecule has 0 aliphatic heterocycles. The normalized spacial score (nSPS) is 10.5. The minimum atomic E-state index is -0.278. The predicted octanol–water partition coefficient (Wildman–Crippen LogP) is 3.75. The lowest BCUT2D eigenvalue weighted by atomic mass is 10.2. The van der Waals surface area contributed by atoms with Gasteiger partial charge in [0.05, 0.1) is 7.11 Å². The molecular formula is C22H24N4O3S. The second-order valence-corrected chi connectivity index (χ2v) is 7.86. The molecule has 3 rings (SSSR count). The van der Waals surface area contributed by atoms with Gasteiger partial charge in [-0.2, -0.15) is 0 Å². The number of benzene rings is 2. The first-order valence-electron chi connectivity index (χ1n) is 9.63. The van der Waals surface area contributed by atoms with Crippen molar-refractivity contribution in [2.45, 2.75) is 32.7 Å². The number of aromatic nitrogens is 2. The van der Waals surface area contributed by atoms with Gasteiger partial charge in [-0.15, -0.1) is 10.2 Å². The number of amides is 2. The van der Waals surface area contributed by atoms with Crippen LogP contribution in [0.2, 0.25) is 0 Å². The summed E-state index contributed by atoms with van der Waals surface area (Å²) in [6.45, 7) is 2.47. The van der Waals surface area contributed by atoms with Crippen molar-refractivity contribution >= 4 is 28.8 Å². The second-order valence-electron chi connectivity index (χ2n) is 6.80. The Balaban J connectivity index is 1.39. The zero-order valence-electron chi connectivity index (χ0n) is 17.0. The zero-order chi connectivity index (χ0) is 21.3. The van der Waals surface area contributed by atoms with Gasteiger partial charge < -0.3 is 15.4 Å². The largest absolute Gasteiger partial charge is 0.497 e. The molecule has 2 N–H and O–H groups in total. The van der Waals surface area contributed by atoms with Crippen LogP contribution in [0.5, 0.6) is 5.75 Å². The topological polar surface area (TPSA) is 93.2 Å². The van der Waals surface area contributed by atoms with Crippen LogP contribution in [0, 0.1) is 6.92 Å². The van der Waals surface area contributed by atoms with E-state index in [-0.39, 0.29) is 11.8 Å². The molecular weight excluding hydrogens is 400 g/mol. The third-order valence-corrected chi connectivity index (χ3v) is 5.40. The molecule has 0 unspecified atom stereocenters. The molecule has 156 valence electrons. The number of aryl methyl sites for hydroxylation is 2. The van der Waals surface area contributed by atoms with E-state index in [0.29, 0.717) is 30.8 Å². The van der Waals surface area contributed by atoms with Gasteiger partial charge in [0, 0.05) is 25.1 Å². The number of carbonyl (C=O) groups is 2. The summed E-state index contributed by atoms with van der Waals surface area (Å²) in [4.78, 5) is 24.3. The number of nitrogens with one attached hydrogen (secondary N) is 2. The molecule has 30 heavy (non-hydrogen) atoms. The number of anilines is 1. The van der Waals surface area contributed by atoms with E-state index in [0.717, 1.165) is 27.6 Å². The average molecular weight is 425 g/mol. The molecule has 2 aromatic carbocycles. The van der Waals surface area contributed by atoms with Gasteiger partial charge in [-0.05, 0) is 43.2 Å². The zero-order valence-corrected chi connectivity index (χ0v) is 17.8. The van der Waals surface area contributed by atoms with E-state index in [9.17, 15) is 9.59 Å². The highest BCUT2D eigenvalue weighted by Crippen LogP contribution is 2.16. The summed E-state index contributed by atoms with van der Waals surface area (Å²) in [5.41, 5.74) is 2.85. The number of carbonyl (C=O) groups excluding carboxylic acids is 2. The molecule has 0 bridgehead atoms. The maximum Gasteiger partial charge on any atom is 0.286 e. The Hall–Kier alpha value is -3.26. The molecule has 0 spiro atoms. The Morgan fingerprint density at radius 3 is 2.47 bits per heavy atom. The van der Waals surface area contributed by atoms with E-state index in [1.165, 1.54) is 11.3 Å². The molecule has 0 saturated carbocycles. The third kappa shape index (κ3) is 6.38. The van der Waals surface area contributed by atoms with Crippen molar-refractivity contribution in [3.05, 3.63) is 69.7 Å². The van der Waals surface area contributed by atoms with E-state index in [4.69, 9.17) is 4.74 Å². The van der Waals surface area contributed by atoms with E-state index in [2.05, 4.69) is 20.8 Å². The first-order valence-corrected chi connectivity index (χ1v) is 10.4. The van der Waals surface area contributed by atoms with Crippen LogP contribution in [-0.2, 0) is 17.8 Å². The molecule has 3 aromatic rings. The van der Waals surface area contributed by atoms with Crippen LogP contribution in [0.4, 0.5) is 5.69 Å². The van der Waals surface area contributed by atoms with Gasteiger partial charge in [-0.1, -0.05) is 41.2 Å². The van der Waals surface area contributed by atoms with Gasteiger partial charge in [0.2, 0.25) is 10.9 Å². The average Bonchev–Trinajstić information content (AvgIpc) is 3.23. The van der Waals surface area contributed by atoms with Gasteiger partial charge in [0.1, 0.15) is 10.8 Å². The van der Waals surface area contributed by atoms with Crippen molar-refractivity contribution < 1.29 is 14.3 Å². The van der Waals surface area contributed by atoms with Crippen LogP contribution in [0.3, 0.4) is 0 Å². The quantitative estimate of drug-likeness (QED) is 0.546. The van der Waals surface area contributed by atoms with Gasteiger partial charge in [-0.3, -0.25) is 9.59 Å². The van der Waals surface area contributed by atoms with Gasteiger partial charge in [-0.25, -0.2) is 0 Å². The first kappa shape index (κ1) is 21.4. The van der Waals surface area contributed by atoms with Crippen molar-refractivity contribution in [2.24, 2.45) is 0 Å². The summed E-state index contributed by atoms with van der Waals surface area (Å²) in [6, 6.07) is 15.1. The monoisotopic (exact) mass is 424 g/mol. The van der Waals surface area contributed by atoms with Gasteiger partial charge >= 0.3 is 0 Å². The standard InChI is InChI=1S/C22H24N4O3S/c1-15-6-10-17(11-7-15)24-21(28)22-26-25-20(30-22)5-3-4-19(27)23-14-16-8-12-18(29-2)13-9-16/h6-13H,3-5,14H2,1-2H3,(H,23,27)(H,24,28). The maximum atomic E-state index is 12.3. The Morgan fingerprint density at radius 2 is 1.77 bits per heavy atom. The maximum absolute atomic E-state index is 12.3. The fourth-order valence-corrected chi connectivity index (χ4v) is 3.48. The van der Waals surface area contributed by atoms with Crippen molar-refractivity contribution in [1.29, 1.82) is 0 Å². The van der Waals surface area contributed by atoms with Crippen LogP contribution >= 0.6 is 11.3 Å². The summed E-state index contributed by atoms with van der Waals surface area (Å²) in [5.74, 6) is 0.488. The molecule has 0 atom stereocenters. The molecule has 7 nitrogen and oxygen atoms in total. The molecule has 1 aromatic heterocycles. The summed E-state index contributed by atoms with van der Waals surface area (Å²) in [7, 11) is 1.62. The summed E-state index contributed by atoms with van der Waals surface area (Å²) < 4.78 is 5.12. The van der Waals surface area contributed by atoms with Crippen LogP contribution in [-0.4, -0.2) is 29.1 Å². The molecule has 0 aliphatic carbocycles. The SMILES string of the molecule is COc1ccc(CNC(=O)CCCc2nnc(C(=O)Nc3ccc(C)cc3)s2)cc1. The smallest absolute Gasteiger partial charge is 0.286 e. The number of rotatable bonds is 9. The second kappa shape index (κ2) is 10.5. The Morgan fingerprint density at radius 1 is 1.03 bits per heavy atom. The van der Waals surface area contributed by atoms with Crippen LogP contribution in [0.25, 0.3) is 0 Å². The fourth-order valence-electron chi connectivity index (χ4n) is 2.70. The summed E-state index contributed by atoms with van der Waals surface area (Å²) in [6.07, 6.45) is 1.63. The molecule has 2 amide bonds. The van der Waals surface area contributed by atoms with Crippen molar-refractivity contribution in [1.82, 2.24) is 15.5 Å². The Kier molecular flexibility index (Phi) is 7.51. The van der Waals surface area contributed by atoms with Crippen molar-refractivity contribution in [3.8, 4) is 5.75 Å². The fraction of sp³-hybridized carbons (Fsp3) is 0.273. The molecule has 0 saturated heterocycles. The Bertz CT molecular complexity index is 984. The van der Waals surface area contributed by atoms with Crippen molar-refractivity contribution in [3.63, 3.8) is 0 Å². The highest BCUT2D eigenvalue weighted by Gasteiger charge is 2.13. The number of hydrogen-bond donors (Lipinski definition) is 2. The first-order chi connectivity index (χ1) is 14.5. The van der Waals surface area contributed by atoms with Crippen LogP contribution in [0.15, 0.2) is 48.5 Å². The highest BCUT2D eigenvalue weighted by molar-refractivity contribution is 7.13. The Labute approximate surface area is 179 Å². The number of hydrogen-bond acceptors (Lipinski definition) is 6. The van der Waals surface area contributed by atoms with E-state index >= 15 is 0 Å². The lowest BCUT2D eigenvalue weighted by molar-refractivity contribution is -0.121. The van der Waals surface area contributed by atoms with Crippen molar-refractivity contribution in [2.75, 3.05) is 12.4 Å². The minimum Gasteiger partial charge on any atom is -0.497 e. The molecule has 0 radical (unpaired) electrons. The lowest BCUT2D eigenvalue weighted by Crippen LogP contribution is -2.22. The van der Waals surface area contributed by atoms with Crippen LogP contribution in [0.1, 0.15) is 38.8 Å². The molecule has 8 heteroatoms. The molecule has 0 fully saturated rings. The summed E-state index contributed by atoms with van der Waals surface area (Å²) in [5, 5.41) is 14.8. The van der Waals surface area contributed by atoms with Crippen LogP contribution < -0.4 is 15.4 Å². The summed E-state index contributed by atoms with van der Waals surface area (Å²) >= 11 is 1.25. The van der Waals surface area contributed by atoms with Gasteiger partial charge in [0.25, 0.3) is 5.91 Å². The predicted molar refractivity (Wildman–Crippen MR) is 117 cm³/mol. The number of methoxy groups -OCH3 is 1. The van der Waals surface area contributed by atoms with Gasteiger partial charge in [0.15, 0.2) is 0 Å². The number of nitrogens with zero attached hydrogens (tertiary/aromatic N) is 2. The molecule has 0 aliphatic rings. The van der Waals surface area contributed by atoms with E-state index in [1.807, 2.05) is 55.5 Å². The minimum absolute atomic E-state index is 0.0207. The molecule has 1 heterocycles. The van der Waals surface area contributed by atoms with E-state index < -0.39 is 0 Å². The van der Waals surface area contributed by atoms with E-state index in [1.54, 1.807) is 7.11 Å². The lowest BCUT2D eigenvalue weighted by Gasteiger charge is -2.06. The number of ether oxygens (including phenoxy) is 1. The highest BCUT2D eigenvalue weighted by atomic mass is 32.1.